The fourth-order valence-corrected chi connectivity index (χ4v) is 1.87. The Morgan fingerprint density at radius 3 is 2.42 bits per heavy atom. The van der Waals surface area contributed by atoms with Crippen LogP contribution in [0.5, 0.6) is 0 Å². The van der Waals surface area contributed by atoms with Crippen molar-refractivity contribution >= 4 is 21.6 Å². The molecular formula is C13H17BrF3NO. The van der Waals surface area contributed by atoms with Gasteiger partial charge in [0.2, 0.25) is 0 Å². The number of nitrogens with one attached hydrogen (secondary N) is 1. The zero-order valence-electron chi connectivity index (χ0n) is 10.8. The molecule has 0 amide bonds. The molecule has 1 rings (SSSR count). The summed E-state index contributed by atoms with van der Waals surface area (Å²) in [5, 5.41) is 12.1. The summed E-state index contributed by atoms with van der Waals surface area (Å²) < 4.78 is 39.1. The van der Waals surface area contributed by atoms with E-state index in [1.54, 1.807) is 6.07 Å². The largest absolute Gasteiger partial charge is 0.418 e. The van der Waals surface area contributed by atoms with E-state index in [-0.39, 0.29) is 18.8 Å². The number of benzene rings is 1. The van der Waals surface area contributed by atoms with Crippen LogP contribution in [0.25, 0.3) is 0 Å². The van der Waals surface area contributed by atoms with Gasteiger partial charge in [-0.2, -0.15) is 13.2 Å². The second-order valence-corrected chi connectivity index (χ2v) is 5.78. The molecule has 1 atom stereocenters. The van der Waals surface area contributed by atoms with Crippen molar-refractivity contribution in [2.24, 2.45) is 5.41 Å². The highest BCUT2D eigenvalue weighted by atomic mass is 79.9. The maximum Gasteiger partial charge on any atom is 0.418 e. The second-order valence-electron chi connectivity index (χ2n) is 4.86. The molecule has 0 saturated heterocycles. The predicted molar refractivity (Wildman–Crippen MR) is 73.1 cm³/mol. The Morgan fingerprint density at radius 2 is 1.95 bits per heavy atom. The van der Waals surface area contributed by atoms with Crippen molar-refractivity contribution in [3.63, 3.8) is 0 Å². The van der Waals surface area contributed by atoms with E-state index in [0.29, 0.717) is 10.9 Å². The van der Waals surface area contributed by atoms with Crippen LogP contribution in [0.3, 0.4) is 0 Å². The first-order valence-corrected chi connectivity index (χ1v) is 6.72. The highest BCUT2D eigenvalue weighted by Gasteiger charge is 2.34. The fraction of sp³-hybridized carbons (Fsp3) is 0.538. The molecule has 0 radical (unpaired) electrons. The molecular weight excluding hydrogens is 323 g/mol. The average molecular weight is 340 g/mol. The second kappa shape index (κ2) is 6.13. The van der Waals surface area contributed by atoms with Crippen molar-refractivity contribution in [2.45, 2.75) is 26.4 Å². The Bertz CT molecular complexity index is 430. The van der Waals surface area contributed by atoms with Crippen LogP contribution >= 0.6 is 15.9 Å². The van der Waals surface area contributed by atoms with Gasteiger partial charge in [0.15, 0.2) is 0 Å². The first-order chi connectivity index (χ1) is 8.72. The smallest absolute Gasteiger partial charge is 0.396 e. The van der Waals surface area contributed by atoms with E-state index in [9.17, 15) is 18.3 Å². The number of alkyl halides is 3. The van der Waals surface area contributed by atoms with Crippen molar-refractivity contribution in [3.05, 3.63) is 28.2 Å². The van der Waals surface area contributed by atoms with Crippen LogP contribution in [-0.2, 0) is 6.18 Å². The zero-order chi connectivity index (χ0) is 14.7. The van der Waals surface area contributed by atoms with E-state index in [4.69, 9.17) is 0 Å². The predicted octanol–water partition coefficient (Wildman–Crippen LogP) is 4.29. The standard InChI is InChI=1S/C13H17BrF3NO/c1-3-12(2,8-19)7-18-11-5-4-9(14)6-10(11)13(15,16)17/h4-6,18-19H,3,7-8H2,1-2H3. The Kier molecular flexibility index (Phi) is 5.26. The first kappa shape index (κ1) is 16.3. The van der Waals surface area contributed by atoms with E-state index in [1.165, 1.54) is 6.07 Å². The molecule has 2 nitrogen and oxygen atoms in total. The summed E-state index contributed by atoms with van der Waals surface area (Å²) >= 11 is 3.04. The minimum Gasteiger partial charge on any atom is -0.396 e. The molecule has 1 aromatic carbocycles. The molecule has 0 aromatic heterocycles. The lowest BCUT2D eigenvalue weighted by Gasteiger charge is -2.27. The van der Waals surface area contributed by atoms with E-state index in [0.717, 1.165) is 6.07 Å². The van der Waals surface area contributed by atoms with Gasteiger partial charge in [0.25, 0.3) is 0 Å². The number of hydrogen-bond acceptors (Lipinski definition) is 2. The summed E-state index contributed by atoms with van der Waals surface area (Å²) in [6, 6.07) is 3.99. The summed E-state index contributed by atoms with van der Waals surface area (Å²) in [4.78, 5) is 0. The molecule has 0 heterocycles. The van der Waals surface area contributed by atoms with E-state index in [2.05, 4.69) is 21.2 Å². The molecule has 1 unspecified atom stereocenters. The Hall–Kier alpha value is -0.750. The highest BCUT2D eigenvalue weighted by Crippen LogP contribution is 2.37. The van der Waals surface area contributed by atoms with Crippen molar-refractivity contribution in [1.82, 2.24) is 0 Å². The van der Waals surface area contributed by atoms with Crippen molar-refractivity contribution in [3.8, 4) is 0 Å². The van der Waals surface area contributed by atoms with Gasteiger partial charge in [-0.1, -0.05) is 29.8 Å². The fourth-order valence-electron chi connectivity index (χ4n) is 1.51. The van der Waals surface area contributed by atoms with Crippen LogP contribution in [0.1, 0.15) is 25.8 Å². The third-order valence-corrected chi connectivity index (χ3v) is 3.72. The summed E-state index contributed by atoms with van der Waals surface area (Å²) in [7, 11) is 0. The van der Waals surface area contributed by atoms with Gasteiger partial charge in [-0.15, -0.1) is 0 Å². The quantitative estimate of drug-likeness (QED) is 0.838. The Morgan fingerprint density at radius 1 is 1.32 bits per heavy atom. The lowest BCUT2D eigenvalue weighted by molar-refractivity contribution is -0.137. The molecule has 0 fully saturated rings. The minimum absolute atomic E-state index is 0.0313. The zero-order valence-corrected chi connectivity index (χ0v) is 12.4. The van der Waals surface area contributed by atoms with Gasteiger partial charge in [0, 0.05) is 22.1 Å². The average Bonchev–Trinajstić information content (AvgIpc) is 2.36. The third-order valence-electron chi connectivity index (χ3n) is 3.23. The molecule has 0 aliphatic carbocycles. The number of aliphatic hydroxyl groups excluding tert-OH is 1. The van der Waals surface area contributed by atoms with Gasteiger partial charge < -0.3 is 10.4 Å². The molecule has 0 spiro atoms. The number of hydrogen-bond donors (Lipinski definition) is 2. The van der Waals surface area contributed by atoms with Crippen LogP contribution in [0.4, 0.5) is 18.9 Å². The van der Waals surface area contributed by atoms with E-state index >= 15 is 0 Å². The monoisotopic (exact) mass is 339 g/mol. The van der Waals surface area contributed by atoms with Crippen molar-refractivity contribution in [1.29, 1.82) is 0 Å². The molecule has 108 valence electrons. The first-order valence-electron chi connectivity index (χ1n) is 5.93. The van der Waals surface area contributed by atoms with Gasteiger partial charge >= 0.3 is 6.18 Å². The molecule has 0 saturated carbocycles. The third kappa shape index (κ3) is 4.38. The normalized spacial score (nSPS) is 15.1. The van der Waals surface area contributed by atoms with Gasteiger partial charge in [-0.25, -0.2) is 0 Å². The summed E-state index contributed by atoms with van der Waals surface area (Å²) in [6.45, 7) is 3.93. The lowest BCUT2D eigenvalue weighted by Crippen LogP contribution is -2.30. The number of anilines is 1. The van der Waals surface area contributed by atoms with Gasteiger partial charge in [0.05, 0.1) is 12.2 Å². The molecule has 0 bridgehead atoms. The maximum absolute atomic E-state index is 12.9. The van der Waals surface area contributed by atoms with Crippen LogP contribution in [0.2, 0.25) is 0 Å². The molecule has 19 heavy (non-hydrogen) atoms. The van der Waals surface area contributed by atoms with Crippen LogP contribution < -0.4 is 5.32 Å². The molecule has 0 aliphatic heterocycles. The summed E-state index contributed by atoms with van der Waals surface area (Å²) in [5.41, 5.74) is -1.11. The van der Waals surface area contributed by atoms with Crippen LogP contribution in [0, 0.1) is 5.41 Å². The van der Waals surface area contributed by atoms with E-state index < -0.39 is 17.2 Å². The van der Waals surface area contributed by atoms with Gasteiger partial charge in [0.1, 0.15) is 0 Å². The topological polar surface area (TPSA) is 32.3 Å². The van der Waals surface area contributed by atoms with E-state index in [1.807, 2.05) is 13.8 Å². The van der Waals surface area contributed by atoms with Gasteiger partial charge in [-0.3, -0.25) is 0 Å². The summed E-state index contributed by atoms with van der Waals surface area (Å²) in [5.74, 6) is 0. The molecule has 1 aromatic rings. The summed E-state index contributed by atoms with van der Waals surface area (Å²) in [6.07, 6.45) is -3.73. The highest BCUT2D eigenvalue weighted by molar-refractivity contribution is 9.10. The molecule has 0 aliphatic rings. The lowest BCUT2D eigenvalue weighted by atomic mass is 9.88. The molecule has 6 heteroatoms. The van der Waals surface area contributed by atoms with Crippen LogP contribution in [0.15, 0.2) is 22.7 Å². The SMILES string of the molecule is CCC(C)(CO)CNc1ccc(Br)cc1C(F)(F)F. The Labute approximate surface area is 119 Å². The number of aliphatic hydroxyl groups is 1. The Balaban J connectivity index is 2.96. The number of halogens is 4. The van der Waals surface area contributed by atoms with Crippen molar-refractivity contribution < 1.29 is 18.3 Å². The molecule has 2 N–H and O–H groups in total. The maximum atomic E-state index is 12.9. The van der Waals surface area contributed by atoms with Crippen LogP contribution in [-0.4, -0.2) is 18.3 Å². The van der Waals surface area contributed by atoms with Gasteiger partial charge in [-0.05, 0) is 24.6 Å². The number of rotatable bonds is 5. The van der Waals surface area contributed by atoms with Crippen molar-refractivity contribution in [2.75, 3.05) is 18.5 Å². The minimum atomic E-state index is -4.41.